The van der Waals surface area contributed by atoms with Gasteiger partial charge >= 0.3 is 0 Å². The van der Waals surface area contributed by atoms with Crippen LogP contribution in [0.4, 0.5) is 0 Å². The molecule has 1 aromatic heterocycles. The summed E-state index contributed by atoms with van der Waals surface area (Å²) in [7, 11) is 0. The highest BCUT2D eigenvalue weighted by molar-refractivity contribution is 6.30. The van der Waals surface area contributed by atoms with E-state index in [1.54, 1.807) is 6.20 Å². The van der Waals surface area contributed by atoms with Crippen molar-refractivity contribution >= 4 is 11.6 Å². The fraction of sp³-hybridized carbons (Fsp3) is 0.222. The Morgan fingerprint density at radius 1 is 1.64 bits per heavy atom. The lowest BCUT2D eigenvalue weighted by atomic mass is 10.2. The van der Waals surface area contributed by atoms with Crippen molar-refractivity contribution in [2.45, 2.75) is 13.3 Å². The lowest BCUT2D eigenvalue weighted by molar-refractivity contribution is 1.19. The summed E-state index contributed by atoms with van der Waals surface area (Å²) in [5.41, 5.74) is 1.08. The van der Waals surface area contributed by atoms with Crippen molar-refractivity contribution in [3.63, 3.8) is 0 Å². The number of rotatable bonds is 2. The Kier molecular flexibility index (Phi) is 3.12. The van der Waals surface area contributed by atoms with Crippen LogP contribution in [0.25, 0.3) is 0 Å². The normalized spacial score (nSPS) is 10.7. The van der Waals surface area contributed by atoms with Crippen LogP contribution in [0.2, 0.25) is 5.15 Å². The first-order valence-corrected chi connectivity index (χ1v) is 3.93. The molecule has 1 nitrogen and oxygen atoms in total. The van der Waals surface area contributed by atoms with Crippen LogP contribution in [0.3, 0.4) is 0 Å². The number of pyridine rings is 1. The van der Waals surface area contributed by atoms with Crippen molar-refractivity contribution in [3.05, 3.63) is 41.2 Å². The third-order valence-electron chi connectivity index (χ3n) is 1.41. The van der Waals surface area contributed by atoms with E-state index in [2.05, 4.69) is 11.1 Å². The number of halogens is 1. The lowest BCUT2D eigenvalue weighted by Gasteiger charge is -1.96. The van der Waals surface area contributed by atoms with Gasteiger partial charge in [0.1, 0.15) is 5.15 Å². The smallest absolute Gasteiger partial charge is 0.132 e. The summed E-state index contributed by atoms with van der Waals surface area (Å²) in [6, 6.07) is 3.88. The molecule has 0 aliphatic rings. The van der Waals surface area contributed by atoms with Gasteiger partial charge in [-0.3, -0.25) is 0 Å². The highest BCUT2D eigenvalue weighted by Crippen LogP contribution is 2.11. The summed E-state index contributed by atoms with van der Waals surface area (Å²) in [5.74, 6) is 0. The summed E-state index contributed by atoms with van der Waals surface area (Å²) in [5, 5.41) is 0.602. The number of hydrogen-bond donors (Lipinski definition) is 0. The first kappa shape index (κ1) is 8.28. The van der Waals surface area contributed by atoms with E-state index in [1.165, 1.54) is 0 Å². The van der Waals surface area contributed by atoms with Gasteiger partial charge in [-0.2, -0.15) is 0 Å². The van der Waals surface area contributed by atoms with E-state index in [0.29, 0.717) is 5.15 Å². The quantitative estimate of drug-likeness (QED) is 0.488. The molecule has 0 amide bonds. The second kappa shape index (κ2) is 4.14. The topological polar surface area (TPSA) is 12.9 Å². The number of hydrogen-bond acceptors (Lipinski definition) is 1. The molecule has 0 atom stereocenters. The van der Waals surface area contributed by atoms with Crippen LogP contribution in [-0.4, -0.2) is 4.98 Å². The van der Waals surface area contributed by atoms with Gasteiger partial charge in [-0.1, -0.05) is 29.8 Å². The minimum Gasteiger partial charge on any atom is -0.244 e. The molecule has 0 aliphatic heterocycles. The molecule has 0 radical (unpaired) electrons. The maximum absolute atomic E-state index is 5.81. The molecule has 0 aromatic carbocycles. The standard InChI is InChI=1S/C9H10ClN/c1-2-3-5-8-6-4-7-11-9(8)10/h2-4,6-7H,5H2,1H3. The van der Waals surface area contributed by atoms with Gasteiger partial charge < -0.3 is 0 Å². The average molecular weight is 168 g/mol. The molecule has 1 heterocycles. The highest BCUT2D eigenvalue weighted by Gasteiger charge is 1.95. The molecule has 58 valence electrons. The monoisotopic (exact) mass is 167 g/mol. The van der Waals surface area contributed by atoms with Crippen molar-refractivity contribution < 1.29 is 0 Å². The Balaban J connectivity index is 2.77. The summed E-state index contributed by atoms with van der Waals surface area (Å²) >= 11 is 5.81. The largest absolute Gasteiger partial charge is 0.244 e. The Hall–Kier alpha value is -0.820. The van der Waals surface area contributed by atoms with Gasteiger partial charge in [0.15, 0.2) is 0 Å². The summed E-state index contributed by atoms with van der Waals surface area (Å²) in [6.45, 7) is 1.99. The average Bonchev–Trinajstić information content (AvgIpc) is 2.03. The molecule has 1 aromatic rings. The third-order valence-corrected chi connectivity index (χ3v) is 1.75. The van der Waals surface area contributed by atoms with Crippen LogP contribution in [0.1, 0.15) is 12.5 Å². The second-order valence-electron chi connectivity index (χ2n) is 2.23. The zero-order chi connectivity index (χ0) is 8.10. The van der Waals surface area contributed by atoms with Crippen LogP contribution in [0, 0.1) is 0 Å². The maximum atomic E-state index is 5.81. The van der Waals surface area contributed by atoms with E-state index < -0.39 is 0 Å². The second-order valence-corrected chi connectivity index (χ2v) is 2.58. The van der Waals surface area contributed by atoms with Gasteiger partial charge in [-0.25, -0.2) is 4.98 Å². The molecule has 0 aliphatic carbocycles. The minimum atomic E-state index is 0.602. The molecule has 0 bridgehead atoms. The molecular weight excluding hydrogens is 158 g/mol. The van der Waals surface area contributed by atoms with Gasteiger partial charge in [0.05, 0.1) is 0 Å². The SMILES string of the molecule is CC=CCc1cccnc1Cl. The van der Waals surface area contributed by atoms with E-state index in [0.717, 1.165) is 12.0 Å². The predicted octanol–water partition coefficient (Wildman–Crippen LogP) is 2.85. The van der Waals surface area contributed by atoms with Crippen LogP contribution in [-0.2, 0) is 6.42 Å². The Bertz CT molecular complexity index is 255. The first-order valence-electron chi connectivity index (χ1n) is 3.55. The van der Waals surface area contributed by atoms with Gasteiger partial charge in [0.25, 0.3) is 0 Å². The van der Waals surface area contributed by atoms with E-state index >= 15 is 0 Å². The molecular formula is C9H10ClN. The molecule has 0 fully saturated rings. The van der Waals surface area contributed by atoms with E-state index in [9.17, 15) is 0 Å². The van der Waals surface area contributed by atoms with Crippen molar-refractivity contribution in [3.8, 4) is 0 Å². The molecule has 0 unspecified atom stereocenters. The zero-order valence-corrected chi connectivity index (χ0v) is 7.17. The molecule has 2 heteroatoms. The van der Waals surface area contributed by atoms with Crippen molar-refractivity contribution in [2.24, 2.45) is 0 Å². The number of aromatic nitrogens is 1. The Morgan fingerprint density at radius 3 is 3.09 bits per heavy atom. The van der Waals surface area contributed by atoms with E-state index in [4.69, 9.17) is 11.6 Å². The van der Waals surface area contributed by atoms with Crippen molar-refractivity contribution in [1.29, 1.82) is 0 Å². The molecule has 0 saturated heterocycles. The summed E-state index contributed by atoms with van der Waals surface area (Å²) < 4.78 is 0. The van der Waals surface area contributed by atoms with E-state index in [-0.39, 0.29) is 0 Å². The maximum Gasteiger partial charge on any atom is 0.132 e. The van der Waals surface area contributed by atoms with Gasteiger partial charge in [-0.05, 0) is 25.0 Å². The fourth-order valence-electron chi connectivity index (χ4n) is 0.816. The number of allylic oxidation sites excluding steroid dienone is 2. The van der Waals surface area contributed by atoms with Crippen LogP contribution < -0.4 is 0 Å². The summed E-state index contributed by atoms with van der Waals surface area (Å²) in [6.07, 6.45) is 6.62. The lowest BCUT2D eigenvalue weighted by Crippen LogP contribution is -1.84. The Labute approximate surface area is 71.7 Å². The van der Waals surface area contributed by atoms with Crippen LogP contribution in [0.5, 0.6) is 0 Å². The van der Waals surface area contributed by atoms with Crippen LogP contribution in [0.15, 0.2) is 30.5 Å². The van der Waals surface area contributed by atoms with E-state index in [1.807, 2.05) is 25.1 Å². The highest BCUT2D eigenvalue weighted by atomic mass is 35.5. The minimum absolute atomic E-state index is 0.602. The first-order chi connectivity index (χ1) is 5.34. The molecule has 0 spiro atoms. The van der Waals surface area contributed by atoms with Gasteiger partial charge in [-0.15, -0.1) is 0 Å². The molecule has 11 heavy (non-hydrogen) atoms. The molecule has 0 saturated carbocycles. The molecule has 1 rings (SSSR count). The number of nitrogens with zero attached hydrogens (tertiary/aromatic N) is 1. The molecule has 0 N–H and O–H groups in total. The predicted molar refractivity (Wildman–Crippen MR) is 47.8 cm³/mol. The fourth-order valence-corrected chi connectivity index (χ4v) is 1.01. The summed E-state index contributed by atoms with van der Waals surface area (Å²) in [4.78, 5) is 3.96. The third kappa shape index (κ3) is 2.35. The van der Waals surface area contributed by atoms with Crippen molar-refractivity contribution in [2.75, 3.05) is 0 Å². The van der Waals surface area contributed by atoms with Crippen LogP contribution >= 0.6 is 11.6 Å². The van der Waals surface area contributed by atoms with Gasteiger partial charge in [0.2, 0.25) is 0 Å². The zero-order valence-electron chi connectivity index (χ0n) is 6.42. The van der Waals surface area contributed by atoms with Gasteiger partial charge in [0, 0.05) is 6.20 Å². The van der Waals surface area contributed by atoms with Crippen molar-refractivity contribution in [1.82, 2.24) is 4.98 Å². The Morgan fingerprint density at radius 2 is 2.45 bits per heavy atom.